The van der Waals surface area contributed by atoms with Crippen LogP contribution in [0.3, 0.4) is 0 Å². The van der Waals surface area contributed by atoms with Gasteiger partial charge in [0.1, 0.15) is 5.60 Å². The predicted octanol–water partition coefficient (Wildman–Crippen LogP) is 2.32. The summed E-state index contributed by atoms with van der Waals surface area (Å²) in [5.41, 5.74) is 0.173. The van der Waals surface area contributed by atoms with E-state index in [0.717, 1.165) is 31.4 Å². The Morgan fingerprint density at radius 2 is 2.00 bits per heavy atom. The minimum absolute atomic E-state index is 0.614. The van der Waals surface area contributed by atoms with Gasteiger partial charge in [-0.15, -0.1) is 0 Å². The number of methoxy groups -OCH3 is 1. The molecule has 4 heteroatoms. The smallest absolute Gasteiger partial charge is 0.106 e. The van der Waals surface area contributed by atoms with Gasteiger partial charge < -0.3 is 9.84 Å². The Kier molecular flexibility index (Phi) is 5.65. The van der Waals surface area contributed by atoms with E-state index < -0.39 is 5.60 Å². The van der Waals surface area contributed by atoms with Gasteiger partial charge >= 0.3 is 0 Å². The molecule has 0 aromatic carbocycles. The predicted molar refractivity (Wildman–Crippen MR) is 67.8 cm³/mol. The molecule has 0 aliphatic carbocycles. The molecule has 0 saturated carbocycles. The van der Waals surface area contributed by atoms with Crippen LogP contribution >= 0.6 is 0 Å². The van der Waals surface area contributed by atoms with Crippen LogP contribution in [0.25, 0.3) is 0 Å². The summed E-state index contributed by atoms with van der Waals surface area (Å²) in [6.45, 7) is 5.49. The monoisotopic (exact) mass is 240 g/mol. The lowest BCUT2D eigenvalue weighted by atomic mass is 9.89. The van der Waals surface area contributed by atoms with Gasteiger partial charge in [-0.2, -0.15) is 5.10 Å². The molecular weight excluding hydrogens is 216 g/mol. The quantitative estimate of drug-likeness (QED) is 0.758. The summed E-state index contributed by atoms with van der Waals surface area (Å²) in [5, 5.41) is 15.0. The van der Waals surface area contributed by atoms with Crippen molar-refractivity contribution >= 4 is 0 Å². The number of nitrogens with zero attached hydrogens (tertiary/aromatic N) is 2. The summed E-state index contributed by atoms with van der Waals surface area (Å²) in [7, 11) is 1.67. The molecule has 0 radical (unpaired) electrons. The second-order valence-corrected chi connectivity index (χ2v) is 4.46. The summed E-state index contributed by atoms with van der Waals surface area (Å²) in [4.78, 5) is 0. The van der Waals surface area contributed by atoms with E-state index in [1.807, 2.05) is 10.7 Å². The van der Waals surface area contributed by atoms with Gasteiger partial charge in [0, 0.05) is 13.3 Å². The highest BCUT2D eigenvalue weighted by Crippen LogP contribution is 2.31. The molecule has 0 amide bonds. The van der Waals surface area contributed by atoms with Crippen LogP contribution in [-0.2, 0) is 16.9 Å². The normalized spacial score (nSPS) is 12.0. The average molecular weight is 240 g/mol. The Balaban J connectivity index is 2.89. The first-order chi connectivity index (χ1) is 8.18. The number of aliphatic hydroxyl groups is 1. The maximum Gasteiger partial charge on any atom is 0.106 e. The first-order valence-electron chi connectivity index (χ1n) is 6.41. The van der Waals surface area contributed by atoms with Crippen LogP contribution < -0.4 is 0 Å². The van der Waals surface area contributed by atoms with Crippen LogP contribution in [0.4, 0.5) is 0 Å². The third kappa shape index (κ3) is 3.54. The lowest BCUT2D eigenvalue weighted by molar-refractivity contribution is 0.00713. The SMILES string of the molecule is CCCC(O)(CCC)c1ccnn1CCOC. The zero-order valence-corrected chi connectivity index (χ0v) is 11.1. The number of hydrogen-bond acceptors (Lipinski definition) is 3. The van der Waals surface area contributed by atoms with E-state index in [0.29, 0.717) is 13.2 Å². The van der Waals surface area contributed by atoms with E-state index in [1.165, 1.54) is 0 Å². The number of hydrogen-bond donors (Lipinski definition) is 1. The average Bonchev–Trinajstić information content (AvgIpc) is 2.75. The van der Waals surface area contributed by atoms with Crippen LogP contribution in [0.15, 0.2) is 12.3 Å². The third-order valence-corrected chi connectivity index (χ3v) is 3.03. The fraction of sp³-hybridized carbons (Fsp3) is 0.769. The van der Waals surface area contributed by atoms with Gasteiger partial charge in [-0.3, -0.25) is 4.68 Å². The summed E-state index contributed by atoms with van der Waals surface area (Å²) in [5.74, 6) is 0. The van der Waals surface area contributed by atoms with Crippen molar-refractivity contribution in [2.45, 2.75) is 51.7 Å². The highest BCUT2D eigenvalue weighted by molar-refractivity contribution is 5.12. The van der Waals surface area contributed by atoms with Gasteiger partial charge in [0.15, 0.2) is 0 Å². The number of aromatic nitrogens is 2. The van der Waals surface area contributed by atoms with Crippen LogP contribution in [0.2, 0.25) is 0 Å². The second kappa shape index (κ2) is 6.77. The first-order valence-corrected chi connectivity index (χ1v) is 6.41. The van der Waals surface area contributed by atoms with Gasteiger partial charge in [-0.05, 0) is 18.9 Å². The largest absolute Gasteiger partial charge is 0.384 e. The Labute approximate surface area is 104 Å². The van der Waals surface area contributed by atoms with E-state index in [9.17, 15) is 5.11 Å². The van der Waals surface area contributed by atoms with Crippen molar-refractivity contribution in [3.05, 3.63) is 18.0 Å². The van der Waals surface area contributed by atoms with E-state index in [-0.39, 0.29) is 0 Å². The van der Waals surface area contributed by atoms with E-state index in [2.05, 4.69) is 18.9 Å². The Hall–Kier alpha value is -0.870. The van der Waals surface area contributed by atoms with Crippen molar-refractivity contribution in [1.82, 2.24) is 9.78 Å². The summed E-state index contributed by atoms with van der Waals surface area (Å²) in [6.07, 6.45) is 5.23. The van der Waals surface area contributed by atoms with Crippen LogP contribution in [0.1, 0.15) is 45.2 Å². The molecule has 0 atom stereocenters. The van der Waals surface area contributed by atoms with Crippen LogP contribution in [-0.4, -0.2) is 28.6 Å². The van der Waals surface area contributed by atoms with Crippen molar-refractivity contribution in [3.8, 4) is 0 Å². The van der Waals surface area contributed by atoms with Crippen LogP contribution in [0.5, 0.6) is 0 Å². The third-order valence-electron chi connectivity index (χ3n) is 3.03. The van der Waals surface area contributed by atoms with E-state index >= 15 is 0 Å². The lowest BCUT2D eigenvalue weighted by Crippen LogP contribution is -2.29. The number of rotatable bonds is 8. The van der Waals surface area contributed by atoms with Gasteiger partial charge in [-0.1, -0.05) is 26.7 Å². The molecule has 1 rings (SSSR count). The molecule has 0 bridgehead atoms. The zero-order chi connectivity index (χ0) is 12.7. The second-order valence-electron chi connectivity index (χ2n) is 4.46. The molecule has 1 aromatic heterocycles. The Morgan fingerprint density at radius 1 is 1.35 bits per heavy atom. The molecule has 0 unspecified atom stereocenters. The molecule has 98 valence electrons. The molecular formula is C13H24N2O2. The first kappa shape index (κ1) is 14.2. The summed E-state index contributed by atoms with van der Waals surface area (Å²) >= 11 is 0. The molecule has 4 nitrogen and oxygen atoms in total. The topological polar surface area (TPSA) is 47.3 Å². The van der Waals surface area contributed by atoms with Crippen molar-refractivity contribution in [3.63, 3.8) is 0 Å². The highest BCUT2D eigenvalue weighted by atomic mass is 16.5. The van der Waals surface area contributed by atoms with Crippen molar-refractivity contribution < 1.29 is 9.84 Å². The van der Waals surface area contributed by atoms with Crippen LogP contribution in [0, 0.1) is 0 Å². The zero-order valence-electron chi connectivity index (χ0n) is 11.1. The fourth-order valence-corrected chi connectivity index (χ4v) is 2.29. The Morgan fingerprint density at radius 3 is 2.53 bits per heavy atom. The molecule has 0 saturated heterocycles. The number of ether oxygens (including phenoxy) is 1. The maximum absolute atomic E-state index is 10.8. The van der Waals surface area contributed by atoms with Gasteiger partial charge in [-0.25, -0.2) is 0 Å². The van der Waals surface area contributed by atoms with Gasteiger partial charge in [0.2, 0.25) is 0 Å². The highest BCUT2D eigenvalue weighted by Gasteiger charge is 2.30. The maximum atomic E-state index is 10.8. The van der Waals surface area contributed by atoms with E-state index in [1.54, 1.807) is 13.3 Å². The summed E-state index contributed by atoms with van der Waals surface area (Å²) in [6, 6.07) is 1.92. The molecule has 0 aliphatic heterocycles. The van der Waals surface area contributed by atoms with Crippen molar-refractivity contribution in [1.29, 1.82) is 0 Å². The molecule has 17 heavy (non-hydrogen) atoms. The molecule has 0 aliphatic rings. The minimum Gasteiger partial charge on any atom is -0.384 e. The molecule has 1 heterocycles. The van der Waals surface area contributed by atoms with Gasteiger partial charge in [0.05, 0.1) is 18.8 Å². The van der Waals surface area contributed by atoms with Crippen molar-refractivity contribution in [2.75, 3.05) is 13.7 Å². The minimum atomic E-state index is -0.742. The van der Waals surface area contributed by atoms with Crippen molar-refractivity contribution in [2.24, 2.45) is 0 Å². The molecule has 1 N–H and O–H groups in total. The molecule has 0 spiro atoms. The van der Waals surface area contributed by atoms with Gasteiger partial charge in [0.25, 0.3) is 0 Å². The standard InChI is InChI=1S/C13H24N2O2/c1-4-7-13(16,8-5-2)12-6-9-14-15(12)10-11-17-3/h6,9,16H,4-5,7-8,10-11H2,1-3H3. The fourth-order valence-electron chi connectivity index (χ4n) is 2.29. The summed E-state index contributed by atoms with van der Waals surface area (Å²) < 4.78 is 6.92. The lowest BCUT2D eigenvalue weighted by Gasteiger charge is -2.28. The molecule has 0 fully saturated rings. The molecule has 1 aromatic rings. The Bertz CT molecular complexity index is 317. The van der Waals surface area contributed by atoms with E-state index in [4.69, 9.17) is 4.74 Å².